The number of carbonyl (C=O) groups is 1. The monoisotopic (exact) mass is 314 g/mol. The van der Waals surface area contributed by atoms with Gasteiger partial charge in [-0.2, -0.15) is 0 Å². The van der Waals surface area contributed by atoms with E-state index < -0.39 is 6.36 Å². The molecule has 0 heterocycles. The van der Waals surface area contributed by atoms with Gasteiger partial charge in [0.15, 0.2) is 0 Å². The fourth-order valence-electron chi connectivity index (χ4n) is 1.89. The topological polar surface area (TPSA) is 26.3 Å². The molecule has 0 fully saturated rings. The van der Waals surface area contributed by atoms with Crippen molar-refractivity contribution in [2.75, 3.05) is 0 Å². The third-order valence-corrected chi connectivity index (χ3v) is 2.90. The number of rotatable bonds is 4. The standard InChI is InChI=1S/C15H10ClF3O2/c16-13-7-11(6-12(8-13)9-20)5-10-1-3-14(4-2-10)21-15(17,18)19/h1-4,6-9H,5H2. The van der Waals surface area contributed by atoms with Crippen molar-refractivity contribution < 1.29 is 22.7 Å². The number of benzene rings is 2. The van der Waals surface area contributed by atoms with E-state index in [1.807, 2.05) is 0 Å². The van der Waals surface area contributed by atoms with Gasteiger partial charge in [0, 0.05) is 10.6 Å². The zero-order valence-electron chi connectivity index (χ0n) is 10.7. The number of carbonyl (C=O) groups excluding carboxylic acids is 1. The van der Waals surface area contributed by atoms with Crippen molar-refractivity contribution in [3.05, 3.63) is 64.2 Å². The quantitative estimate of drug-likeness (QED) is 0.768. The van der Waals surface area contributed by atoms with Crippen LogP contribution < -0.4 is 4.74 Å². The zero-order valence-corrected chi connectivity index (χ0v) is 11.4. The second kappa shape index (κ2) is 6.18. The Bertz CT molecular complexity index is 636. The second-order valence-electron chi connectivity index (χ2n) is 4.38. The van der Waals surface area contributed by atoms with Crippen LogP contribution in [0.15, 0.2) is 42.5 Å². The summed E-state index contributed by atoms with van der Waals surface area (Å²) >= 11 is 5.89. The lowest BCUT2D eigenvalue weighted by atomic mass is 10.0. The molecule has 0 N–H and O–H groups in total. The van der Waals surface area contributed by atoms with Crippen molar-refractivity contribution in [3.8, 4) is 5.75 Å². The summed E-state index contributed by atoms with van der Waals surface area (Å²) < 4.78 is 39.9. The molecule has 0 aromatic heterocycles. The summed E-state index contributed by atoms with van der Waals surface area (Å²) in [5, 5.41) is 0.437. The summed E-state index contributed by atoms with van der Waals surface area (Å²) in [7, 11) is 0. The first-order valence-electron chi connectivity index (χ1n) is 5.95. The second-order valence-corrected chi connectivity index (χ2v) is 4.82. The number of ether oxygens (including phenoxy) is 1. The lowest BCUT2D eigenvalue weighted by Gasteiger charge is -2.09. The molecule has 21 heavy (non-hydrogen) atoms. The summed E-state index contributed by atoms with van der Waals surface area (Å²) in [6.45, 7) is 0. The molecule has 0 saturated heterocycles. The smallest absolute Gasteiger partial charge is 0.406 e. The summed E-state index contributed by atoms with van der Waals surface area (Å²) in [5.74, 6) is -0.272. The Hall–Kier alpha value is -2.01. The molecular weight excluding hydrogens is 305 g/mol. The van der Waals surface area contributed by atoms with Gasteiger partial charge >= 0.3 is 6.36 Å². The van der Waals surface area contributed by atoms with Crippen LogP contribution in [0.25, 0.3) is 0 Å². The van der Waals surface area contributed by atoms with Crippen molar-refractivity contribution >= 4 is 17.9 Å². The van der Waals surface area contributed by atoms with Gasteiger partial charge in [-0.05, 0) is 47.9 Å². The van der Waals surface area contributed by atoms with E-state index in [-0.39, 0.29) is 5.75 Å². The predicted octanol–water partition coefficient (Wildman–Crippen LogP) is 4.64. The molecule has 0 aliphatic rings. The first-order chi connectivity index (χ1) is 9.85. The maximum atomic E-state index is 12.0. The molecule has 2 aromatic rings. The molecular formula is C15H10ClF3O2. The van der Waals surface area contributed by atoms with Crippen LogP contribution in [0, 0.1) is 0 Å². The van der Waals surface area contributed by atoms with E-state index in [0.29, 0.717) is 23.3 Å². The van der Waals surface area contributed by atoms with E-state index in [9.17, 15) is 18.0 Å². The van der Waals surface area contributed by atoms with Gasteiger partial charge in [-0.15, -0.1) is 13.2 Å². The van der Waals surface area contributed by atoms with E-state index in [1.165, 1.54) is 24.3 Å². The molecule has 0 spiro atoms. The van der Waals surface area contributed by atoms with Crippen LogP contribution in [0.5, 0.6) is 5.75 Å². The number of hydrogen-bond donors (Lipinski definition) is 0. The van der Waals surface area contributed by atoms with Gasteiger partial charge in [0.2, 0.25) is 0 Å². The van der Waals surface area contributed by atoms with Gasteiger partial charge in [-0.1, -0.05) is 23.7 Å². The summed E-state index contributed by atoms with van der Waals surface area (Å²) in [6.07, 6.45) is -3.56. The van der Waals surface area contributed by atoms with Crippen LogP contribution in [0.3, 0.4) is 0 Å². The summed E-state index contributed by atoms with van der Waals surface area (Å²) in [5.41, 5.74) is 2.03. The summed E-state index contributed by atoms with van der Waals surface area (Å²) in [4.78, 5) is 10.8. The van der Waals surface area contributed by atoms with Gasteiger partial charge in [0.1, 0.15) is 12.0 Å². The highest BCUT2D eigenvalue weighted by molar-refractivity contribution is 6.30. The van der Waals surface area contributed by atoms with Crippen LogP contribution >= 0.6 is 11.6 Å². The Morgan fingerprint density at radius 3 is 2.29 bits per heavy atom. The molecule has 0 atom stereocenters. The summed E-state index contributed by atoms with van der Waals surface area (Å²) in [6, 6.07) is 10.5. The molecule has 2 nitrogen and oxygen atoms in total. The lowest BCUT2D eigenvalue weighted by molar-refractivity contribution is -0.274. The normalized spacial score (nSPS) is 11.2. The third kappa shape index (κ3) is 4.79. The molecule has 2 aromatic carbocycles. The van der Waals surface area contributed by atoms with Gasteiger partial charge in [0.05, 0.1) is 0 Å². The van der Waals surface area contributed by atoms with Crippen molar-refractivity contribution in [3.63, 3.8) is 0 Å². The van der Waals surface area contributed by atoms with E-state index in [4.69, 9.17) is 11.6 Å². The first-order valence-corrected chi connectivity index (χ1v) is 6.33. The molecule has 0 bridgehead atoms. The Kier molecular flexibility index (Phi) is 4.53. The van der Waals surface area contributed by atoms with Gasteiger partial charge in [-0.3, -0.25) is 4.79 Å². The van der Waals surface area contributed by atoms with Gasteiger partial charge < -0.3 is 4.74 Å². The molecule has 110 valence electrons. The molecule has 2 rings (SSSR count). The highest BCUT2D eigenvalue weighted by Gasteiger charge is 2.30. The molecule has 0 saturated carbocycles. The van der Waals surface area contributed by atoms with E-state index in [0.717, 1.165) is 11.1 Å². The predicted molar refractivity (Wildman–Crippen MR) is 72.8 cm³/mol. The van der Waals surface area contributed by atoms with Crippen LogP contribution in [-0.2, 0) is 6.42 Å². The Morgan fingerprint density at radius 1 is 1.05 bits per heavy atom. The minimum Gasteiger partial charge on any atom is -0.406 e. The zero-order chi connectivity index (χ0) is 15.5. The minimum atomic E-state index is -4.70. The Balaban J connectivity index is 2.13. The fraction of sp³-hybridized carbons (Fsp3) is 0.133. The average Bonchev–Trinajstić information content (AvgIpc) is 2.38. The van der Waals surface area contributed by atoms with E-state index in [1.54, 1.807) is 18.2 Å². The Labute approximate surface area is 124 Å². The van der Waals surface area contributed by atoms with Crippen LogP contribution in [-0.4, -0.2) is 12.6 Å². The largest absolute Gasteiger partial charge is 0.573 e. The molecule has 6 heteroatoms. The molecule has 0 aliphatic carbocycles. The number of alkyl halides is 3. The molecule has 0 radical (unpaired) electrons. The molecule has 0 amide bonds. The highest BCUT2D eigenvalue weighted by atomic mass is 35.5. The minimum absolute atomic E-state index is 0.272. The first kappa shape index (κ1) is 15.4. The van der Waals surface area contributed by atoms with Crippen molar-refractivity contribution in [1.29, 1.82) is 0 Å². The maximum absolute atomic E-state index is 12.0. The third-order valence-electron chi connectivity index (χ3n) is 2.68. The lowest BCUT2D eigenvalue weighted by Crippen LogP contribution is -2.17. The number of halogens is 4. The SMILES string of the molecule is O=Cc1cc(Cl)cc(Cc2ccc(OC(F)(F)F)cc2)c1. The van der Waals surface area contributed by atoms with Crippen LogP contribution in [0.1, 0.15) is 21.5 Å². The number of hydrogen-bond acceptors (Lipinski definition) is 2. The van der Waals surface area contributed by atoms with Crippen molar-refractivity contribution in [1.82, 2.24) is 0 Å². The van der Waals surface area contributed by atoms with Crippen LogP contribution in [0.2, 0.25) is 5.02 Å². The van der Waals surface area contributed by atoms with Gasteiger partial charge in [0.25, 0.3) is 0 Å². The van der Waals surface area contributed by atoms with Crippen molar-refractivity contribution in [2.45, 2.75) is 12.8 Å². The van der Waals surface area contributed by atoms with Crippen molar-refractivity contribution in [2.24, 2.45) is 0 Å². The number of aldehydes is 1. The average molecular weight is 315 g/mol. The van der Waals surface area contributed by atoms with Crippen LogP contribution in [0.4, 0.5) is 13.2 Å². The highest BCUT2D eigenvalue weighted by Crippen LogP contribution is 2.24. The maximum Gasteiger partial charge on any atom is 0.573 e. The Morgan fingerprint density at radius 2 is 1.71 bits per heavy atom. The van der Waals surface area contributed by atoms with E-state index in [2.05, 4.69) is 4.74 Å². The molecule has 0 aliphatic heterocycles. The van der Waals surface area contributed by atoms with Gasteiger partial charge in [-0.25, -0.2) is 0 Å². The molecule has 0 unspecified atom stereocenters. The fourth-order valence-corrected chi connectivity index (χ4v) is 2.16. The van der Waals surface area contributed by atoms with E-state index >= 15 is 0 Å².